The summed E-state index contributed by atoms with van der Waals surface area (Å²) < 4.78 is 10.9. The lowest BCUT2D eigenvalue weighted by Gasteiger charge is -2.27. The van der Waals surface area contributed by atoms with Crippen molar-refractivity contribution in [2.45, 2.75) is 58.6 Å². The number of nitrogens with zero attached hydrogens (tertiary/aromatic N) is 1. The highest BCUT2D eigenvalue weighted by atomic mass is 16.6. The van der Waals surface area contributed by atoms with Crippen LogP contribution in [0.25, 0.3) is 11.1 Å². The van der Waals surface area contributed by atoms with Gasteiger partial charge in [-0.2, -0.15) is 0 Å². The highest BCUT2D eigenvalue weighted by Gasteiger charge is 2.32. The van der Waals surface area contributed by atoms with Gasteiger partial charge in [-0.3, -0.25) is 9.59 Å². The molecule has 0 aromatic heterocycles. The van der Waals surface area contributed by atoms with Gasteiger partial charge in [0.25, 0.3) is 0 Å². The molecular formula is C27H34N2O5. The number of carbonyl (C=O) groups excluding carboxylic acids is 3. The van der Waals surface area contributed by atoms with E-state index in [4.69, 9.17) is 9.47 Å². The van der Waals surface area contributed by atoms with Gasteiger partial charge >= 0.3 is 12.1 Å². The largest absolute Gasteiger partial charge is 0.460 e. The van der Waals surface area contributed by atoms with Crippen molar-refractivity contribution in [3.8, 4) is 11.1 Å². The zero-order chi connectivity index (χ0) is 24.9. The first-order valence-corrected chi connectivity index (χ1v) is 11.8. The third-order valence-electron chi connectivity index (χ3n) is 5.80. The molecule has 2 amide bonds. The van der Waals surface area contributed by atoms with Crippen LogP contribution in [-0.4, -0.2) is 54.2 Å². The van der Waals surface area contributed by atoms with Crippen LogP contribution < -0.4 is 5.32 Å². The van der Waals surface area contributed by atoms with Crippen molar-refractivity contribution >= 4 is 18.0 Å². The van der Waals surface area contributed by atoms with Crippen molar-refractivity contribution in [3.05, 3.63) is 59.7 Å². The molecule has 0 heterocycles. The number of esters is 1. The molecule has 0 bridgehead atoms. The third kappa shape index (κ3) is 5.95. The predicted molar refractivity (Wildman–Crippen MR) is 130 cm³/mol. The number of benzene rings is 2. The molecule has 0 fully saturated rings. The van der Waals surface area contributed by atoms with Gasteiger partial charge in [-0.25, -0.2) is 4.79 Å². The fourth-order valence-corrected chi connectivity index (χ4v) is 4.29. The van der Waals surface area contributed by atoms with Crippen molar-refractivity contribution in [2.75, 3.05) is 19.7 Å². The van der Waals surface area contributed by atoms with Gasteiger partial charge in [-0.15, -0.1) is 0 Å². The van der Waals surface area contributed by atoms with Gasteiger partial charge in [0.2, 0.25) is 5.91 Å². The number of hydrogen-bond acceptors (Lipinski definition) is 5. The molecule has 3 rings (SSSR count). The first-order chi connectivity index (χ1) is 16.1. The summed E-state index contributed by atoms with van der Waals surface area (Å²) in [4.78, 5) is 39.7. The fourth-order valence-electron chi connectivity index (χ4n) is 4.29. The van der Waals surface area contributed by atoms with E-state index in [1.807, 2.05) is 50.2 Å². The Balaban J connectivity index is 1.71. The van der Waals surface area contributed by atoms with Crippen molar-refractivity contribution in [3.63, 3.8) is 0 Å². The van der Waals surface area contributed by atoms with E-state index in [0.29, 0.717) is 13.1 Å². The molecule has 1 aliphatic rings. The van der Waals surface area contributed by atoms with Crippen LogP contribution in [0.2, 0.25) is 0 Å². The number of likely N-dealkylation sites (N-methyl/N-ethyl adjacent to an activating group) is 1. The average Bonchev–Trinajstić information content (AvgIpc) is 3.10. The molecular weight excluding hydrogens is 432 g/mol. The van der Waals surface area contributed by atoms with Crippen LogP contribution in [0.15, 0.2) is 48.5 Å². The zero-order valence-corrected chi connectivity index (χ0v) is 20.6. The summed E-state index contributed by atoms with van der Waals surface area (Å²) in [7, 11) is 0. The second kappa shape index (κ2) is 10.7. The van der Waals surface area contributed by atoms with Crippen molar-refractivity contribution in [1.29, 1.82) is 0 Å². The maximum absolute atomic E-state index is 13.0. The Hall–Kier alpha value is -3.35. The SMILES string of the molecule is CCN(CC)C(=O)C(CC(=O)OC(C)(C)C)NC(=O)OCC1c2ccccc2-c2ccccc21. The molecule has 2 aromatic rings. The van der Waals surface area contributed by atoms with Crippen molar-refractivity contribution < 1.29 is 23.9 Å². The standard InChI is InChI=1S/C27H34N2O5/c1-6-29(7-2)25(31)23(16-24(30)34-27(3,4)5)28-26(32)33-17-22-20-14-10-8-12-18(20)19-13-9-11-15-21(19)22/h8-15,22-23H,6-7,16-17H2,1-5H3,(H,28,32). The molecule has 182 valence electrons. The smallest absolute Gasteiger partial charge is 0.407 e. The Morgan fingerprint density at radius 1 is 0.941 bits per heavy atom. The maximum atomic E-state index is 13.0. The van der Waals surface area contributed by atoms with Gasteiger partial charge in [0.05, 0.1) is 6.42 Å². The summed E-state index contributed by atoms with van der Waals surface area (Å²) in [5, 5.41) is 2.60. The van der Waals surface area contributed by atoms with Crippen LogP contribution in [0.1, 0.15) is 58.1 Å². The number of nitrogens with one attached hydrogen (secondary N) is 1. The number of rotatable bonds is 8. The van der Waals surface area contributed by atoms with Gasteiger partial charge < -0.3 is 19.7 Å². The second-order valence-corrected chi connectivity index (χ2v) is 9.32. The molecule has 0 aliphatic heterocycles. The van der Waals surface area contributed by atoms with E-state index in [0.717, 1.165) is 22.3 Å². The lowest BCUT2D eigenvalue weighted by molar-refractivity contribution is -0.157. The summed E-state index contributed by atoms with van der Waals surface area (Å²) in [6.07, 6.45) is -1.01. The number of amides is 2. The number of carbonyl (C=O) groups is 3. The first kappa shape index (κ1) is 25.3. The lowest BCUT2D eigenvalue weighted by Crippen LogP contribution is -2.50. The van der Waals surface area contributed by atoms with E-state index in [-0.39, 0.29) is 24.9 Å². The monoisotopic (exact) mass is 466 g/mol. The van der Waals surface area contributed by atoms with Gasteiger partial charge in [0, 0.05) is 19.0 Å². The van der Waals surface area contributed by atoms with E-state index in [9.17, 15) is 14.4 Å². The van der Waals surface area contributed by atoms with E-state index >= 15 is 0 Å². The van der Waals surface area contributed by atoms with Crippen LogP contribution in [0.5, 0.6) is 0 Å². The van der Waals surface area contributed by atoms with Gasteiger partial charge in [-0.05, 0) is 56.9 Å². The number of hydrogen-bond donors (Lipinski definition) is 1. The molecule has 1 unspecified atom stereocenters. The van der Waals surface area contributed by atoms with Crippen molar-refractivity contribution in [1.82, 2.24) is 10.2 Å². The topological polar surface area (TPSA) is 84.9 Å². The van der Waals surface area contributed by atoms with E-state index < -0.39 is 23.7 Å². The van der Waals surface area contributed by atoms with Crippen LogP contribution in [0, 0.1) is 0 Å². The molecule has 2 aromatic carbocycles. The third-order valence-corrected chi connectivity index (χ3v) is 5.80. The van der Waals surface area contributed by atoms with E-state index in [1.54, 1.807) is 25.7 Å². The molecule has 1 aliphatic carbocycles. The number of alkyl carbamates (subject to hydrolysis) is 1. The maximum Gasteiger partial charge on any atom is 0.407 e. The second-order valence-electron chi connectivity index (χ2n) is 9.32. The number of fused-ring (bicyclic) bond motifs is 3. The van der Waals surface area contributed by atoms with Gasteiger partial charge in [-0.1, -0.05) is 48.5 Å². The highest BCUT2D eigenvalue weighted by Crippen LogP contribution is 2.44. The van der Waals surface area contributed by atoms with Crippen LogP contribution in [-0.2, 0) is 19.1 Å². The van der Waals surface area contributed by atoms with Crippen LogP contribution in [0.3, 0.4) is 0 Å². The summed E-state index contributed by atoms with van der Waals surface area (Å²) >= 11 is 0. The molecule has 0 spiro atoms. The predicted octanol–water partition coefficient (Wildman–Crippen LogP) is 4.49. The Morgan fingerprint density at radius 3 is 1.97 bits per heavy atom. The Bertz CT molecular complexity index is 994. The quantitative estimate of drug-likeness (QED) is 0.579. The van der Waals surface area contributed by atoms with E-state index in [1.165, 1.54) is 0 Å². The average molecular weight is 467 g/mol. The van der Waals surface area contributed by atoms with Gasteiger partial charge in [0.15, 0.2) is 0 Å². The van der Waals surface area contributed by atoms with Crippen LogP contribution >= 0.6 is 0 Å². The summed E-state index contributed by atoms with van der Waals surface area (Å²) in [5.41, 5.74) is 3.77. The normalized spacial score (nSPS) is 13.4. The van der Waals surface area contributed by atoms with Gasteiger partial charge in [0.1, 0.15) is 18.2 Å². The molecule has 0 saturated carbocycles. The first-order valence-electron chi connectivity index (χ1n) is 11.8. The molecule has 34 heavy (non-hydrogen) atoms. The molecule has 7 nitrogen and oxygen atoms in total. The summed E-state index contributed by atoms with van der Waals surface area (Å²) in [6.45, 7) is 10.0. The lowest BCUT2D eigenvalue weighted by atomic mass is 9.98. The fraction of sp³-hybridized carbons (Fsp3) is 0.444. The molecule has 1 N–H and O–H groups in total. The minimum Gasteiger partial charge on any atom is -0.460 e. The molecule has 0 saturated heterocycles. The minimum atomic E-state index is -1.06. The Kier molecular flexibility index (Phi) is 7.97. The molecule has 0 radical (unpaired) electrons. The summed E-state index contributed by atoms with van der Waals surface area (Å²) in [6, 6.07) is 15.1. The summed E-state index contributed by atoms with van der Waals surface area (Å²) in [5.74, 6) is -0.998. The van der Waals surface area contributed by atoms with E-state index in [2.05, 4.69) is 17.4 Å². The van der Waals surface area contributed by atoms with Crippen molar-refractivity contribution in [2.24, 2.45) is 0 Å². The minimum absolute atomic E-state index is 0.0964. The zero-order valence-electron chi connectivity index (χ0n) is 20.6. The highest BCUT2D eigenvalue weighted by molar-refractivity contribution is 5.89. The number of ether oxygens (including phenoxy) is 2. The Morgan fingerprint density at radius 2 is 1.47 bits per heavy atom. The molecule has 1 atom stereocenters. The Labute approximate surface area is 201 Å². The molecule has 7 heteroatoms. The van der Waals surface area contributed by atoms with Crippen LogP contribution in [0.4, 0.5) is 4.79 Å².